The van der Waals surface area contributed by atoms with E-state index < -0.39 is 11.9 Å². The zero-order chi connectivity index (χ0) is 23.4. The van der Waals surface area contributed by atoms with E-state index in [-0.39, 0.29) is 45.7 Å². The second-order valence-electron chi connectivity index (χ2n) is 6.71. The van der Waals surface area contributed by atoms with E-state index in [1.165, 1.54) is 24.8 Å². The number of benzene rings is 2. The van der Waals surface area contributed by atoms with Gasteiger partial charge in [-0.15, -0.1) is 0 Å². The van der Waals surface area contributed by atoms with Crippen molar-refractivity contribution >= 4 is 29.3 Å². The first-order valence-electron chi connectivity index (χ1n) is 9.61. The molecular formula is C23H21ClN2O5S. The molecule has 0 spiro atoms. The van der Waals surface area contributed by atoms with Gasteiger partial charge in [-0.2, -0.15) is 5.26 Å². The standard InChI is InChI=1S/C23H21ClN2O5S/c1-4-30-23(28)19-12(2)31-22(26)14(11-25)20(19)21-15(24)9-13(10-16(21)27)32-18-8-6-5-7-17(18)29-3/h5-10,20,27H,4,26H2,1-3H3. The summed E-state index contributed by atoms with van der Waals surface area (Å²) in [4.78, 5) is 14.2. The van der Waals surface area contributed by atoms with E-state index in [9.17, 15) is 15.2 Å². The second kappa shape index (κ2) is 9.90. The topological polar surface area (TPSA) is 115 Å². The molecule has 0 amide bonds. The van der Waals surface area contributed by atoms with Gasteiger partial charge in [-0.05, 0) is 38.1 Å². The summed E-state index contributed by atoms with van der Waals surface area (Å²) in [6, 6.07) is 12.6. The highest BCUT2D eigenvalue weighted by atomic mass is 35.5. The average Bonchev–Trinajstić information content (AvgIpc) is 2.73. The minimum Gasteiger partial charge on any atom is -0.508 e. The number of nitriles is 1. The molecule has 0 radical (unpaired) electrons. The largest absolute Gasteiger partial charge is 0.508 e. The lowest BCUT2D eigenvalue weighted by molar-refractivity contribution is -0.139. The average molecular weight is 473 g/mol. The van der Waals surface area contributed by atoms with Crippen molar-refractivity contribution in [1.82, 2.24) is 0 Å². The summed E-state index contributed by atoms with van der Waals surface area (Å²) < 4.78 is 15.9. The number of rotatable bonds is 6. The van der Waals surface area contributed by atoms with E-state index in [2.05, 4.69) is 0 Å². The Labute approximate surface area is 195 Å². The smallest absolute Gasteiger partial charge is 0.338 e. The molecule has 1 heterocycles. The zero-order valence-electron chi connectivity index (χ0n) is 17.6. The van der Waals surface area contributed by atoms with Crippen LogP contribution in [0.1, 0.15) is 25.3 Å². The second-order valence-corrected chi connectivity index (χ2v) is 8.23. The molecule has 1 atom stereocenters. The molecule has 1 aliphatic rings. The predicted octanol–water partition coefficient (Wildman–Crippen LogP) is 4.85. The van der Waals surface area contributed by atoms with Gasteiger partial charge in [-0.1, -0.05) is 35.5 Å². The van der Waals surface area contributed by atoms with Gasteiger partial charge in [0, 0.05) is 15.5 Å². The number of aromatic hydroxyl groups is 1. The number of carbonyl (C=O) groups excluding carboxylic acids is 1. The van der Waals surface area contributed by atoms with Gasteiger partial charge in [0.25, 0.3) is 0 Å². The molecule has 32 heavy (non-hydrogen) atoms. The molecule has 166 valence electrons. The van der Waals surface area contributed by atoms with Gasteiger partial charge in [0.1, 0.15) is 28.9 Å². The quantitative estimate of drug-likeness (QED) is 0.573. The fraction of sp³-hybridized carbons (Fsp3) is 0.217. The molecule has 0 fully saturated rings. The first-order chi connectivity index (χ1) is 15.3. The van der Waals surface area contributed by atoms with Crippen LogP contribution in [-0.4, -0.2) is 24.8 Å². The fourth-order valence-corrected chi connectivity index (χ4v) is 4.79. The number of phenolic OH excluding ortho intramolecular Hbond substituents is 1. The van der Waals surface area contributed by atoms with Crippen molar-refractivity contribution < 1.29 is 24.1 Å². The molecule has 9 heteroatoms. The molecule has 0 saturated carbocycles. The Morgan fingerprint density at radius 2 is 2.09 bits per heavy atom. The summed E-state index contributed by atoms with van der Waals surface area (Å²) in [5.74, 6) is -1.23. The van der Waals surface area contributed by atoms with E-state index in [1.807, 2.05) is 30.3 Å². The van der Waals surface area contributed by atoms with Crippen LogP contribution in [-0.2, 0) is 14.3 Å². The molecule has 3 rings (SSSR count). The Kier molecular flexibility index (Phi) is 7.23. The summed E-state index contributed by atoms with van der Waals surface area (Å²) in [7, 11) is 1.57. The lowest BCUT2D eigenvalue weighted by Gasteiger charge is -2.28. The predicted molar refractivity (Wildman–Crippen MR) is 120 cm³/mol. The molecule has 2 aromatic rings. The number of nitrogens with two attached hydrogens (primary N) is 1. The minimum atomic E-state index is -1.04. The first-order valence-corrected chi connectivity index (χ1v) is 10.8. The third kappa shape index (κ3) is 4.49. The zero-order valence-corrected chi connectivity index (χ0v) is 19.2. The van der Waals surface area contributed by atoms with Crippen molar-refractivity contribution in [1.29, 1.82) is 5.26 Å². The number of methoxy groups -OCH3 is 1. The van der Waals surface area contributed by atoms with Crippen LogP contribution in [0.5, 0.6) is 11.5 Å². The number of para-hydroxylation sites is 1. The number of nitrogens with zero attached hydrogens (tertiary/aromatic N) is 1. The van der Waals surface area contributed by atoms with Crippen molar-refractivity contribution in [2.45, 2.75) is 29.6 Å². The molecular weight excluding hydrogens is 452 g/mol. The summed E-state index contributed by atoms with van der Waals surface area (Å²) in [5, 5.41) is 20.8. The summed E-state index contributed by atoms with van der Waals surface area (Å²) in [6.45, 7) is 3.32. The number of esters is 1. The Morgan fingerprint density at radius 1 is 1.38 bits per heavy atom. The SMILES string of the molecule is CCOC(=O)C1=C(C)OC(N)=C(C#N)C1c1c(O)cc(Sc2ccccc2OC)cc1Cl. The minimum absolute atomic E-state index is 0.0408. The number of ether oxygens (including phenoxy) is 3. The first kappa shape index (κ1) is 23.4. The van der Waals surface area contributed by atoms with E-state index in [4.69, 9.17) is 31.5 Å². The van der Waals surface area contributed by atoms with Crippen LogP contribution >= 0.6 is 23.4 Å². The molecule has 0 bridgehead atoms. The Morgan fingerprint density at radius 3 is 2.72 bits per heavy atom. The Balaban J connectivity index is 2.11. The Hall–Kier alpha value is -3.28. The maximum Gasteiger partial charge on any atom is 0.338 e. The number of carbonyl (C=O) groups is 1. The molecule has 7 nitrogen and oxygen atoms in total. The highest BCUT2D eigenvalue weighted by Gasteiger charge is 2.39. The van der Waals surface area contributed by atoms with Gasteiger partial charge in [-0.3, -0.25) is 0 Å². The molecule has 2 aromatic carbocycles. The number of hydrogen-bond acceptors (Lipinski definition) is 8. The maximum absolute atomic E-state index is 12.7. The van der Waals surface area contributed by atoms with Crippen molar-refractivity contribution in [2.75, 3.05) is 13.7 Å². The summed E-state index contributed by atoms with van der Waals surface area (Å²) >= 11 is 7.93. The van der Waals surface area contributed by atoms with Gasteiger partial charge in [-0.25, -0.2) is 4.79 Å². The van der Waals surface area contributed by atoms with Gasteiger partial charge >= 0.3 is 5.97 Å². The van der Waals surface area contributed by atoms with Gasteiger partial charge in [0.05, 0.1) is 30.1 Å². The van der Waals surface area contributed by atoms with Gasteiger partial charge in [0.2, 0.25) is 5.88 Å². The molecule has 0 aromatic heterocycles. The van der Waals surface area contributed by atoms with Crippen molar-refractivity contribution in [2.24, 2.45) is 5.73 Å². The van der Waals surface area contributed by atoms with E-state index in [0.717, 1.165) is 4.90 Å². The van der Waals surface area contributed by atoms with Crippen molar-refractivity contribution in [3.05, 3.63) is 69.8 Å². The van der Waals surface area contributed by atoms with Gasteiger partial charge in [0.15, 0.2) is 0 Å². The number of hydrogen-bond donors (Lipinski definition) is 2. The van der Waals surface area contributed by atoms with Crippen LogP contribution in [0.2, 0.25) is 5.02 Å². The number of phenols is 1. The molecule has 1 aliphatic heterocycles. The fourth-order valence-electron chi connectivity index (χ4n) is 3.40. The molecule has 0 saturated heterocycles. The Bertz CT molecular complexity index is 1150. The molecule has 1 unspecified atom stereocenters. The number of halogens is 1. The lowest BCUT2D eigenvalue weighted by Crippen LogP contribution is -2.25. The van der Waals surface area contributed by atoms with E-state index >= 15 is 0 Å². The normalized spacial score (nSPS) is 15.8. The van der Waals surface area contributed by atoms with Gasteiger partial charge < -0.3 is 25.1 Å². The third-order valence-electron chi connectivity index (χ3n) is 4.77. The van der Waals surface area contributed by atoms with Crippen LogP contribution in [0.3, 0.4) is 0 Å². The summed E-state index contributed by atoms with van der Waals surface area (Å²) in [5.41, 5.74) is 6.10. The molecule has 0 aliphatic carbocycles. The van der Waals surface area contributed by atoms with Crippen LogP contribution < -0.4 is 10.5 Å². The van der Waals surface area contributed by atoms with Crippen LogP contribution in [0.4, 0.5) is 0 Å². The number of allylic oxidation sites excluding steroid dienone is 2. The van der Waals surface area contributed by atoms with Crippen molar-refractivity contribution in [3.63, 3.8) is 0 Å². The van der Waals surface area contributed by atoms with Crippen LogP contribution in [0, 0.1) is 11.3 Å². The van der Waals surface area contributed by atoms with Crippen LogP contribution in [0.15, 0.2) is 69.0 Å². The third-order valence-corrected chi connectivity index (χ3v) is 6.11. The highest BCUT2D eigenvalue weighted by molar-refractivity contribution is 7.99. The highest BCUT2D eigenvalue weighted by Crippen LogP contribution is 2.48. The molecule has 3 N–H and O–H groups in total. The van der Waals surface area contributed by atoms with E-state index in [0.29, 0.717) is 10.6 Å². The van der Waals surface area contributed by atoms with E-state index in [1.54, 1.807) is 20.1 Å². The van der Waals surface area contributed by atoms with Crippen LogP contribution in [0.25, 0.3) is 0 Å². The van der Waals surface area contributed by atoms with Crippen molar-refractivity contribution in [3.8, 4) is 17.6 Å². The maximum atomic E-state index is 12.7. The monoisotopic (exact) mass is 472 g/mol. The lowest BCUT2D eigenvalue weighted by atomic mass is 9.82. The summed E-state index contributed by atoms with van der Waals surface area (Å²) in [6.07, 6.45) is 0.